The Hall–Kier alpha value is -0.870. The van der Waals surface area contributed by atoms with Gasteiger partial charge < -0.3 is 11.1 Å². The van der Waals surface area contributed by atoms with Crippen LogP contribution in [0.3, 0.4) is 0 Å². The fourth-order valence-corrected chi connectivity index (χ4v) is 2.14. The molecule has 1 rings (SSSR count). The Morgan fingerprint density at radius 3 is 2.69 bits per heavy atom. The normalized spacial score (nSPS) is 14.8. The molecule has 3 nitrogen and oxygen atoms in total. The van der Waals surface area contributed by atoms with Gasteiger partial charge in [-0.2, -0.15) is 11.3 Å². The molecular formula is C12H20N2OS. The fraction of sp³-hybridized carbons (Fsp3) is 0.583. The Morgan fingerprint density at radius 2 is 2.19 bits per heavy atom. The van der Waals surface area contributed by atoms with E-state index in [4.69, 9.17) is 5.73 Å². The van der Waals surface area contributed by atoms with E-state index in [1.807, 2.05) is 26.2 Å². The third-order valence-electron chi connectivity index (χ3n) is 2.53. The number of rotatable bonds is 5. The van der Waals surface area contributed by atoms with Crippen molar-refractivity contribution in [2.24, 2.45) is 11.7 Å². The molecular weight excluding hydrogens is 220 g/mol. The van der Waals surface area contributed by atoms with E-state index in [9.17, 15) is 4.79 Å². The molecule has 0 aliphatic rings. The summed E-state index contributed by atoms with van der Waals surface area (Å²) < 4.78 is 0. The largest absolute Gasteiger partial charge is 0.352 e. The smallest absolute Gasteiger partial charge is 0.237 e. The predicted molar refractivity (Wildman–Crippen MR) is 68.4 cm³/mol. The van der Waals surface area contributed by atoms with Gasteiger partial charge in [0.1, 0.15) is 0 Å². The predicted octanol–water partition coefficient (Wildman–Crippen LogP) is 1.78. The van der Waals surface area contributed by atoms with Crippen LogP contribution in [0.5, 0.6) is 0 Å². The number of thiophene rings is 1. The second kappa shape index (κ2) is 6.01. The topological polar surface area (TPSA) is 55.1 Å². The van der Waals surface area contributed by atoms with Gasteiger partial charge in [0, 0.05) is 6.04 Å². The zero-order chi connectivity index (χ0) is 12.1. The molecule has 0 spiro atoms. The van der Waals surface area contributed by atoms with Crippen molar-refractivity contribution in [3.8, 4) is 0 Å². The third-order valence-corrected chi connectivity index (χ3v) is 3.26. The Labute approximate surface area is 101 Å². The van der Waals surface area contributed by atoms with Crippen LogP contribution < -0.4 is 11.1 Å². The highest BCUT2D eigenvalue weighted by molar-refractivity contribution is 7.07. The maximum Gasteiger partial charge on any atom is 0.237 e. The first-order valence-corrected chi connectivity index (χ1v) is 6.52. The second-order valence-corrected chi connectivity index (χ2v) is 5.30. The van der Waals surface area contributed by atoms with Crippen molar-refractivity contribution >= 4 is 17.2 Å². The van der Waals surface area contributed by atoms with Crippen molar-refractivity contribution in [3.63, 3.8) is 0 Å². The fourth-order valence-electron chi connectivity index (χ4n) is 1.46. The van der Waals surface area contributed by atoms with E-state index in [2.05, 4.69) is 16.8 Å². The summed E-state index contributed by atoms with van der Waals surface area (Å²) in [4.78, 5) is 11.7. The molecule has 4 heteroatoms. The van der Waals surface area contributed by atoms with Crippen LogP contribution in [0.25, 0.3) is 0 Å². The lowest BCUT2D eigenvalue weighted by Crippen LogP contribution is -2.47. The summed E-state index contributed by atoms with van der Waals surface area (Å²) in [6.45, 7) is 5.91. The highest BCUT2D eigenvalue weighted by Crippen LogP contribution is 2.08. The van der Waals surface area contributed by atoms with Crippen molar-refractivity contribution in [2.45, 2.75) is 39.3 Å². The summed E-state index contributed by atoms with van der Waals surface area (Å²) in [5.41, 5.74) is 7.03. The van der Waals surface area contributed by atoms with E-state index in [0.717, 1.165) is 6.42 Å². The molecule has 0 saturated carbocycles. The van der Waals surface area contributed by atoms with E-state index < -0.39 is 6.04 Å². The number of nitrogens with two attached hydrogens (primary N) is 1. The molecule has 16 heavy (non-hydrogen) atoms. The lowest BCUT2D eigenvalue weighted by molar-refractivity contribution is -0.123. The number of hydrogen-bond acceptors (Lipinski definition) is 3. The van der Waals surface area contributed by atoms with E-state index in [1.54, 1.807) is 11.3 Å². The van der Waals surface area contributed by atoms with Gasteiger partial charge >= 0.3 is 0 Å². The van der Waals surface area contributed by atoms with Gasteiger partial charge in [-0.3, -0.25) is 4.79 Å². The molecule has 0 fully saturated rings. The average Bonchev–Trinajstić information content (AvgIpc) is 2.68. The molecule has 0 aliphatic heterocycles. The zero-order valence-corrected chi connectivity index (χ0v) is 10.9. The molecule has 0 bridgehead atoms. The van der Waals surface area contributed by atoms with Crippen LogP contribution in [0.4, 0.5) is 0 Å². The van der Waals surface area contributed by atoms with Gasteiger partial charge in [-0.1, -0.05) is 13.8 Å². The average molecular weight is 240 g/mol. The zero-order valence-electron chi connectivity index (χ0n) is 10.1. The SMILES string of the molecule is CC(Cc1ccsc1)NC(=O)[C@@H](N)C(C)C. The van der Waals surface area contributed by atoms with Crippen LogP contribution in [0, 0.1) is 5.92 Å². The first-order chi connectivity index (χ1) is 7.50. The summed E-state index contributed by atoms with van der Waals surface area (Å²) in [5.74, 6) is 0.117. The van der Waals surface area contributed by atoms with Gasteiger partial charge in [-0.25, -0.2) is 0 Å². The van der Waals surface area contributed by atoms with Crippen molar-refractivity contribution < 1.29 is 4.79 Å². The van der Waals surface area contributed by atoms with Crippen molar-refractivity contribution in [2.75, 3.05) is 0 Å². The van der Waals surface area contributed by atoms with Crippen LogP contribution in [-0.4, -0.2) is 18.0 Å². The Kier molecular flexibility index (Phi) is 4.96. The summed E-state index contributed by atoms with van der Waals surface area (Å²) in [5, 5.41) is 7.09. The van der Waals surface area contributed by atoms with Gasteiger partial charge in [-0.15, -0.1) is 0 Å². The lowest BCUT2D eigenvalue weighted by Gasteiger charge is -2.19. The van der Waals surface area contributed by atoms with Crippen LogP contribution in [0.1, 0.15) is 26.3 Å². The Morgan fingerprint density at radius 1 is 1.50 bits per heavy atom. The molecule has 0 aliphatic carbocycles. The molecule has 1 unspecified atom stereocenters. The standard InChI is InChI=1S/C12H20N2OS/c1-8(2)11(13)12(15)14-9(3)6-10-4-5-16-7-10/h4-5,7-9,11H,6,13H2,1-3H3,(H,14,15)/t9?,11-/m0/s1. The lowest BCUT2D eigenvalue weighted by atomic mass is 10.0. The van der Waals surface area contributed by atoms with Crippen molar-refractivity contribution in [1.29, 1.82) is 0 Å². The molecule has 0 aromatic carbocycles. The number of nitrogens with one attached hydrogen (secondary N) is 1. The van der Waals surface area contributed by atoms with Crippen LogP contribution in [0.2, 0.25) is 0 Å². The molecule has 1 aromatic heterocycles. The van der Waals surface area contributed by atoms with E-state index in [0.29, 0.717) is 0 Å². The number of carbonyl (C=O) groups is 1. The Balaban J connectivity index is 2.39. The molecule has 0 radical (unpaired) electrons. The maximum absolute atomic E-state index is 11.7. The van der Waals surface area contributed by atoms with Gasteiger partial charge in [0.2, 0.25) is 5.91 Å². The minimum atomic E-state index is -0.412. The van der Waals surface area contributed by atoms with Gasteiger partial charge in [0.05, 0.1) is 6.04 Å². The highest BCUT2D eigenvalue weighted by atomic mass is 32.1. The van der Waals surface area contributed by atoms with Gasteiger partial charge in [0.15, 0.2) is 0 Å². The number of amides is 1. The van der Waals surface area contributed by atoms with Crippen molar-refractivity contribution in [1.82, 2.24) is 5.32 Å². The van der Waals surface area contributed by atoms with Crippen LogP contribution in [-0.2, 0) is 11.2 Å². The van der Waals surface area contributed by atoms with Gasteiger partial charge in [-0.05, 0) is 41.7 Å². The van der Waals surface area contributed by atoms with E-state index in [1.165, 1.54) is 5.56 Å². The summed E-state index contributed by atoms with van der Waals surface area (Å²) in [6.07, 6.45) is 0.861. The first-order valence-electron chi connectivity index (χ1n) is 5.57. The summed E-state index contributed by atoms with van der Waals surface area (Å²) in [7, 11) is 0. The van der Waals surface area contributed by atoms with E-state index >= 15 is 0 Å². The van der Waals surface area contributed by atoms with Crippen LogP contribution in [0.15, 0.2) is 16.8 Å². The monoisotopic (exact) mass is 240 g/mol. The molecule has 2 atom stereocenters. The molecule has 90 valence electrons. The molecule has 3 N–H and O–H groups in total. The van der Waals surface area contributed by atoms with Gasteiger partial charge in [0.25, 0.3) is 0 Å². The van der Waals surface area contributed by atoms with Crippen LogP contribution >= 0.6 is 11.3 Å². The second-order valence-electron chi connectivity index (χ2n) is 4.52. The molecule has 0 saturated heterocycles. The van der Waals surface area contributed by atoms with Crippen molar-refractivity contribution in [3.05, 3.63) is 22.4 Å². The Bertz CT molecular complexity index is 322. The number of hydrogen-bond donors (Lipinski definition) is 2. The minimum absolute atomic E-state index is 0.0577. The summed E-state index contributed by atoms with van der Waals surface area (Å²) in [6, 6.07) is 1.80. The molecule has 1 aromatic rings. The first kappa shape index (κ1) is 13.2. The summed E-state index contributed by atoms with van der Waals surface area (Å²) >= 11 is 1.67. The number of carbonyl (C=O) groups excluding carboxylic acids is 1. The molecule has 1 heterocycles. The maximum atomic E-state index is 11.7. The quantitative estimate of drug-likeness (QED) is 0.824. The van der Waals surface area contributed by atoms with E-state index in [-0.39, 0.29) is 17.9 Å². The molecule has 1 amide bonds. The third kappa shape index (κ3) is 3.94. The minimum Gasteiger partial charge on any atom is -0.352 e. The highest BCUT2D eigenvalue weighted by Gasteiger charge is 2.18.